The quantitative estimate of drug-likeness (QED) is 0.810. The van der Waals surface area contributed by atoms with Gasteiger partial charge in [0.05, 0.1) is 6.26 Å². The number of carbonyl (C=O) groups is 1. The van der Waals surface area contributed by atoms with Crippen LogP contribution in [0.2, 0.25) is 0 Å². The average molecular weight is 396 g/mol. The van der Waals surface area contributed by atoms with Gasteiger partial charge in [-0.25, -0.2) is 17.7 Å². The van der Waals surface area contributed by atoms with Crippen molar-refractivity contribution < 1.29 is 17.9 Å². The van der Waals surface area contributed by atoms with Gasteiger partial charge in [0, 0.05) is 37.1 Å². The lowest BCUT2D eigenvalue weighted by atomic mass is 9.97. The minimum atomic E-state index is -3.17. The molecule has 0 bridgehead atoms. The molecule has 1 aromatic heterocycles. The molecule has 1 saturated heterocycles. The van der Waals surface area contributed by atoms with Crippen molar-refractivity contribution in [3.05, 3.63) is 41.4 Å². The van der Waals surface area contributed by atoms with E-state index >= 15 is 0 Å². The van der Waals surface area contributed by atoms with Gasteiger partial charge in [-0.2, -0.15) is 0 Å². The minimum Gasteiger partial charge on any atom is -0.431 e. The van der Waals surface area contributed by atoms with Gasteiger partial charge in [-0.1, -0.05) is 23.5 Å². The van der Waals surface area contributed by atoms with Gasteiger partial charge in [-0.3, -0.25) is 4.79 Å². The molecule has 2 aromatic rings. The van der Waals surface area contributed by atoms with Crippen LogP contribution in [0.25, 0.3) is 0 Å². The summed E-state index contributed by atoms with van der Waals surface area (Å²) >= 11 is 1.42. The number of sulfonamides is 1. The van der Waals surface area contributed by atoms with E-state index in [4.69, 9.17) is 4.74 Å². The molecule has 9 heteroatoms. The molecule has 2 heterocycles. The van der Waals surface area contributed by atoms with Crippen LogP contribution in [0, 0.1) is 5.92 Å². The maximum atomic E-state index is 12.3. The standard InChI is InChI=1S/C17H21N3O4S2/c1-26(22,23)20-9-6-14(7-10-20)16(21)19-12-13-2-4-15(5-3-13)24-17-18-8-11-25-17/h2-5,8,11,14H,6-7,9-10,12H2,1H3,(H,19,21). The number of ether oxygens (including phenoxy) is 1. The molecule has 1 N–H and O–H groups in total. The van der Waals surface area contributed by atoms with E-state index in [2.05, 4.69) is 10.3 Å². The molecule has 0 unspecified atom stereocenters. The van der Waals surface area contributed by atoms with Crippen LogP contribution in [0.15, 0.2) is 35.8 Å². The Kier molecular flexibility index (Phi) is 5.90. The zero-order valence-electron chi connectivity index (χ0n) is 14.4. The van der Waals surface area contributed by atoms with Crippen molar-refractivity contribution in [2.45, 2.75) is 19.4 Å². The van der Waals surface area contributed by atoms with Crippen molar-refractivity contribution in [1.82, 2.24) is 14.6 Å². The number of amides is 1. The number of carbonyl (C=O) groups excluding carboxylic acids is 1. The van der Waals surface area contributed by atoms with Crippen molar-refractivity contribution in [2.24, 2.45) is 5.92 Å². The second kappa shape index (κ2) is 8.15. The Labute approximate surface area is 157 Å². The molecule has 1 aromatic carbocycles. The molecule has 0 atom stereocenters. The summed E-state index contributed by atoms with van der Waals surface area (Å²) in [6.45, 7) is 1.24. The van der Waals surface area contributed by atoms with E-state index in [1.54, 1.807) is 6.20 Å². The van der Waals surface area contributed by atoms with Crippen molar-refractivity contribution in [3.63, 3.8) is 0 Å². The Bertz CT molecular complexity index is 827. The van der Waals surface area contributed by atoms with Gasteiger partial charge in [0.1, 0.15) is 5.75 Å². The number of aromatic nitrogens is 1. The SMILES string of the molecule is CS(=O)(=O)N1CCC(C(=O)NCc2ccc(Oc3nccs3)cc2)CC1. The molecule has 1 aliphatic heterocycles. The zero-order chi connectivity index (χ0) is 18.6. The van der Waals surface area contributed by atoms with Crippen LogP contribution in [0.1, 0.15) is 18.4 Å². The van der Waals surface area contributed by atoms with E-state index in [-0.39, 0.29) is 11.8 Å². The third-order valence-electron chi connectivity index (χ3n) is 4.30. The topological polar surface area (TPSA) is 88.6 Å². The molecule has 140 valence electrons. The Hall–Kier alpha value is -1.97. The fraction of sp³-hybridized carbons (Fsp3) is 0.412. The molecule has 0 saturated carbocycles. The van der Waals surface area contributed by atoms with Gasteiger partial charge in [-0.05, 0) is 30.5 Å². The van der Waals surface area contributed by atoms with Gasteiger partial charge in [0.25, 0.3) is 5.19 Å². The van der Waals surface area contributed by atoms with E-state index in [0.29, 0.717) is 43.4 Å². The number of hydrogen-bond acceptors (Lipinski definition) is 6. The molecule has 26 heavy (non-hydrogen) atoms. The molecule has 0 spiro atoms. The lowest BCUT2D eigenvalue weighted by Crippen LogP contribution is -2.42. The van der Waals surface area contributed by atoms with E-state index in [9.17, 15) is 13.2 Å². The first kappa shape index (κ1) is 18.8. The van der Waals surface area contributed by atoms with Crippen molar-refractivity contribution in [2.75, 3.05) is 19.3 Å². The predicted octanol–water partition coefficient (Wildman–Crippen LogP) is 2.22. The summed E-state index contributed by atoms with van der Waals surface area (Å²) < 4.78 is 30.1. The van der Waals surface area contributed by atoms with E-state index in [0.717, 1.165) is 5.56 Å². The van der Waals surface area contributed by atoms with Crippen LogP contribution < -0.4 is 10.1 Å². The summed E-state index contributed by atoms with van der Waals surface area (Å²) in [5.41, 5.74) is 0.971. The van der Waals surface area contributed by atoms with E-state index < -0.39 is 10.0 Å². The number of hydrogen-bond donors (Lipinski definition) is 1. The van der Waals surface area contributed by atoms with Crippen LogP contribution in [-0.4, -0.2) is 43.0 Å². The summed E-state index contributed by atoms with van der Waals surface area (Å²) in [4.78, 5) is 16.4. The fourth-order valence-corrected chi connectivity index (χ4v) is 4.20. The third kappa shape index (κ3) is 5.03. The monoisotopic (exact) mass is 395 g/mol. The van der Waals surface area contributed by atoms with Crippen LogP contribution in [0.4, 0.5) is 0 Å². The zero-order valence-corrected chi connectivity index (χ0v) is 16.1. The molecule has 1 amide bonds. The van der Waals surface area contributed by atoms with Crippen molar-refractivity contribution in [1.29, 1.82) is 0 Å². The first-order valence-corrected chi connectivity index (χ1v) is 11.0. The maximum Gasteiger partial charge on any atom is 0.278 e. The first-order chi connectivity index (χ1) is 12.4. The summed E-state index contributed by atoms with van der Waals surface area (Å²) in [6.07, 6.45) is 4.00. The molecule has 7 nitrogen and oxygen atoms in total. The van der Waals surface area contributed by atoms with Crippen LogP contribution in [-0.2, 0) is 21.4 Å². The molecule has 0 radical (unpaired) electrons. The van der Waals surface area contributed by atoms with Gasteiger partial charge >= 0.3 is 0 Å². The smallest absolute Gasteiger partial charge is 0.278 e. The summed E-state index contributed by atoms with van der Waals surface area (Å²) in [6, 6.07) is 7.48. The second-order valence-corrected chi connectivity index (χ2v) is 9.04. The highest BCUT2D eigenvalue weighted by atomic mass is 32.2. The largest absolute Gasteiger partial charge is 0.431 e. The lowest BCUT2D eigenvalue weighted by Gasteiger charge is -2.29. The number of nitrogens with zero attached hydrogens (tertiary/aromatic N) is 2. The van der Waals surface area contributed by atoms with E-state index in [1.807, 2.05) is 29.6 Å². The Morgan fingerprint density at radius 1 is 1.31 bits per heavy atom. The van der Waals surface area contributed by atoms with E-state index in [1.165, 1.54) is 21.9 Å². The third-order valence-corrected chi connectivity index (χ3v) is 6.25. The lowest BCUT2D eigenvalue weighted by molar-refractivity contribution is -0.126. The minimum absolute atomic E-state index is 0.0266. The van der Waals surface area contributed by atoms with Gasteiger partial charge < -0.3 is 10.1 Å². The van der Waals surface area contributed by atoms with Gasteiger partial charge in [0.2, 0.25) is 15.9 Å². The second-order valence-electron chi connectivity index (χ2n) is 6.20. The highest BCUT2D eigenvalue weighted by Gasteiger charge is 2.28. The highest BCUT2D eigenvalue weighted by Crippen LogP contribution is 2.23. The Morgan fingerprint density at radius 2 is 2.00 bits per heavy atom. The summed E-state index contributed by atoms with van der Waals surface area (Å²) in [5, 5.41) is 5.37. The average Bonchev–Trinajstić information content (AvgIpc) is 3.13. The summed E-state index contributed by atoms with van der Waals surface area (Å²) in [5.74, 6) is 0.532. The molecule has 1 aliphatic rings. The highest BCUT2D eigenvalue weighted by molar-refractivity contribution is 7.88. The molecular weight excluding hydrogens is 374 g/mol. The number of benzene rings is 1. The Balaban J connectivity index is 1.46. The first-order valence-electron chi connectivity index (χ1n) is 8.31. The van der Waals surface area contributed by atoms with Crippen LogP contribution in [0.5, 0.6) is 10.9 Å². The molecular formula is C17H21N3O4S2. The van der Waals surface area contributed by atoms with Gasteiger partial charge in [-0.15, -0.1) is 0 Å². The molecule has 0 aliphatic carbocycles. The normalized spacial score (nSPS) is 16.3. The molecule has 1 fully saturated rings. The van der Waals surface area contributed by atoms with Crippen LogP contribution in [0.3, 0.4) is 0 Å². The number of piperidine rings is 1. The molecule has 3 rings (SSSR count). The summed E-state index contributed by atoms with van der Waals surface area (Å²) in [7, 11) is -3.17. The number of nitrogens with one attached hydrogen (secondary N) is 1. The van der Waals surface area contributed by atoms with Crippen molar-refractivity contribution >= 4 is 27.3 Å². The van der Waals surface area contributed by atoms with Gasteiger partial charge in [0.15, 0.2) is 0 Å². The Morgan fingerprint density at radius 3 is 2.58 bits per heavy atom. The van der Waals surface area contributed by atoms with Crippen LogP contribution >= 0.6 is 11.3 Å². The number of thiazole rings is 1. The fourth-order valence-electron chi connectivity index (χ4n) is 2.82. The predicted molar refractivity (Wildman–Crippen MR) is 99.6 cm³/mol. The number of rotatable bonds is 6. The maximum absolute atomic E-state index is 12.3. The van der Waals surface area contributed by atoms with Crippen molar-refractivity contribution in [3.8, 4) is 10.9 Å².